The molecule has 12 heteroatoms. The fourth-order valence-corrected chi connectivity index (χ4v) is 2.74. The van der Waals surface area contributed by atoms with Gasteiger partial charge in [0.15, 0.2) is 0 Å². The van der Waals surface area contributed by atoms with Crippen LogP contribution in [0.5, 0.6) is 0 Å². The monoisotopic (exact) mass is 471 g/mol. The van der Waals surface area contributed by atoms with Gasteiger partial charge in [0, 0.05) is 23.7 Å². The Morgan fingerprint density at radius 1 is 1.15 bits per heavy atom. The average Bonchev–Trinajstić information content (AvgIpc) is 3.53. The van der Waals surface area contributed by atoms with Crippen LogP contribution in [0.15, 0.2) is 28.7 Å². The van der Waals surface area contributed by atoms with Crippen molar-refractivity contribution in [3.63, 3.8) is 0 Å². The van der Waals surface area contributed by atoms with E-state index in [0.717, 1.165) is 56.7 Å². The van der Waals surface area contributed by atoms with E-state index in [4.69, 9.17) is 14.3 Å². The van der Waals surface area contributed by atoms with Crippen molar-refractivity contribution in [1.29, 1.82) is 0 Å². The van der Waals surface area contributed by atoms with Gasteiger partial charge in [-0.05, 0) is 63.2 Å². The van der Waals surface area contributed by atoms with Gasteiger partial charge in [-0.3, -0.25) is 4.79 Å². The first kappa shape index (κ1) is 26.1. The van der Waals surface area contributed by atoms with E-state index in [0.29, 0.717) is 11.9 Å². The molecule has 1 aliphatic carbocycles. The highest BCUT2D eigenvalue weighted by Gasteiger charge is 2.38. The Morgan fingerprint density at radius 2 is 1.76 bits per heavy atom. The van der Waals surface area contributed by atoms with Gasteiger partial charge in [-0.2, -0.15) is 13.2 Å². The predicted octanol–water partition coefficient (Wildman–Crippen LogP) is 3.86. The zero-order valence-electron chi connectivity index (χ0n) is 18.5. The summed E-state index contributed by atoms with van der Waals surface area (Å²) in [6.45, 7) is 8.32. The zero-order valence-corrected chi connectivity index (χ0v) is 18.5. The molecular formula is C21H28F3N5O4. The summed E-state index contributed by atoms with van der Waals surface area (Å²) in [5.41, 5.74) is 1.62. The van der Waals surface area contributed by atoms with Gasteiger partial charge in [0.1, 0.15) is 0 Å². The predicted molar refractivity (Wildman–Crippen MR) is 116 cm³/mol. The average molecular weight is 471 g/mol. The number of amides is 1. The number of carbonyl (C=O) groups excluding carboxylic acids is 1. The number of benzene rings is 1. The lowest BCUT2D eigenvalue weighted by molar-refractivity contribution is -0.192. The van der Waals surface area contributed by atoms with Crippen molar-refractivity contribution in [2.24, 2.45) is 5.92 Å². The lowest BCUT2D eigenvalue weighted by Gasteiger charge is -2.17. The number of alkyl halides is 3. The number of aromatic nitrogens is 2. The fraction of sp³-hybridized carbons (Fsp3) is 0.524. The summed E-state index contributed by atoms with van der Waals surface area (Å²) >= 11 is 0. The first-order chi connectivity index (χ1) is 15.6. The Labute approximate surface area is 189 Å². The Balaban J connectivity index is 0.000000479. The quantitative estimate of drug-likeness (QED) is 0.447. The van der Waals surface area contributed by atoms with E-state index >= 15 is 0 Å². The van der Waals surface area contributed by atoms with Crippen LogP contribution in [0.2, 0.25) is 0 Å². The summed E-state index contributed by atoms with van der Waals surface area (Å²) < 4.78 is 37.4. The summed E-state index contributed by atoms with van der Waals surface area (Å²) in [4.78, 5) is 23.1. The molecule has 0 bridgehead atoms. The molecule has 1 aliphatic rings. The second-order valence-corrected chi connectivity index (χ2v) is 7.36. The number of carboxylic acids is 1. The minimum absolute atomic E-state index is 0.103. The summed E-state index contributed by atoms with van der Waals surface area (Å²) in [5, 5.41) is 21.3. The van der Waals surface area contributed by atoms with Crippen molar-refractivity contribution < 1.29 is 32.3 Å². The molecule has 3 rings (SSSR count). The highest BCUT2D eigenvalue weighted by molar-refractivity contribution is 5.94. The molecule has 0 atom stereocenters. The molecule has 182 valence electrons. The molecule has 0 radical (unpaired) electrons. The van der Waals surface area contributed by atoms with Crippen molar-refractivity contribution >= 4 is 23.6 Å². The van der Waals surface area contributed by atoms with E-state index < -0.39 is 12.1 Å². The number of anilines is 2. The van der Waals surface area contributed by atoms with Gasteiger partial charge in [0.25, 0.3) is 0 Å². The molecule has 2 aromatic rings. The molecule has 1 fully saturated rings. The Bertz CT molecular complexity index is 894. The van der Waals surface area contributed by atoms with Gasteiger partial charge >= 0.3 is 18.2 Å². The fourth-order valence-electron chi connectivity index (χ4n) is 2.74. The number of nitrogens with one attached hydrogen (secondary N) is 2. The topological polar surface area (TPSA) is 121 Å². The Hall–Kier alpha value is -3.15. The van der Waals surface area contributed by atoms with Crippen molar-refractivity contribution in [1.82, 2.24) is 15.1 Å². The zero-order chi connectivity index (χ0) is 24.4. The van der Waals surface area contributed by atoms with Crippen LogP contribution in [0.4, 0.5) is 24.9 Å². The first-order valence-corrected chi connectivity index (χ1v) is 10.6. The first-order valence-electron chi connectivity index (χ1n) is 10.6. The third-order valence-corrected chi connectivity index (χ3v) is 4.84. The third-order valence-electron chi connectivity index (χ3n) is 4.84. The number of carbonyl (C=O) groups is 2. The van der Waals surface area contributed by atoms with Crippen LogP contribution >= 0.6 is 0 Å². The van der Waals surface area contributed by atoms with E-state index in [1.807, 2.05) is 24.3 Å². The number of hydrogen-bond donors (Lipinski definition) is 3. The van der Waals surface area contributed by atoms with E-state index in [-0.39, 0.29) is 11.8 Å². The van der Waals surface area contributed by atoms with Crippen molar-refractivity contribution in [3.05, 3.63) is 24.3 Å². The number of aliphatic carboxylic acids is 1. The normalized spacial score (nSPS) is 13.3. The van der Waals surface area contributed by atoms with Crippen LogP contribution in [0, 0.1) is 5.92 Å². The van der Waals surface area contributed by atoms with Gasteiger partial charge in [0.2, 0.25) is 11.8 Å². The molecule has 1 aromatic heterocycles. The maximum atomic E-state index is 11.8. The van der Waals surface area contributed by atoms with Crippen LogP contribution in [0.25, 0.3) is 11.5 Å². The summed E-state index contributed by atoms with van der Waals surface area (Å²) in [6, 6.07) is 7.90. The minimum Gasteiger partial charge on any atom is -0.475 e. The largest absolute Gasteiger partial charge is 0.490 e. The standard InChI is InChI=1S/C19H27N5O2.C2HF3O2/c1-3-24(4-2)13-5-12-20-19-23-22-18(26-19)15-8-10-16(11-9-15)21-17(25)14-6-7-14;3-2(4,5)1(6)7/h8-11,14H,3-7,12-13H2,1-2H3,(H,20,23)(H,21,25);(H,6,7). The summed E-state index contributed by atoms with van der Waals surface area (Å²) in [6.07, 6.45) is -2.07. The van der Waals surface area contributed by atoms with Crippen molar-refractivity contribution in [2.75, 3.05) is 36.8 Å². The van der Waals surface area contributed by atoms with Gasteiger partial charge < -0.3 is 25.1 Å². The number of halogens is 3. The lowest BCUT2D eigenvalue weighted by atomic mass is 10.2. The molecule has 0 unspecified atom stereocenters. The van der Waals surface area contributed by atoms with Crippen LogP contribution in [0.3, 0.4) is 0 Å². The van der Waals surface area contributed by atoms with Crippen LogP contribution in [0.1, 0.15) is 33.1 Å². The number of carboxylic acid groups (broad SMARTS) is 1. The molecule has 9 nitrogen and oxygen atoms in total. The van der Waals surface area contributed by atoms with Crippen LogP contribution in [-0.4, -0.2) is 64.4 Å². The van der Waals surface area contributed by atoms with Gasteiger partial charge in [-0.1, -0.05) is 18.9 Å². The molecule has 1 amide bonds. The molecule has 33 heavy (non-hydrogen) atoms. The third kappa shape index (κ3) is 9.08. The van der Waals surface area contributed by atoms with E-state index in [9.17, 15) is 18.0 Å². The highest BCUT2D eigenvalue weighted by atomic mass is 19.4. The van der Waals surface area contributed by atoms with E-state index in [1.54, 1.807) is 0 Å². The summed E-state index contributed by atoms with van der Waals surface area (Å²) in [5.74, 6) is -1.99. The van der Waals surface area contributed by atoms with Crippen molar-refractivity contribution in [2.45, 2.75) is 39.3 Å². The summed E-state index contributed by atoms with van der Waals surface area (Å²) in [7, 11) is 0. The SMILES string of the molecule is CCN(CC)CCCNc1nnc(-c2ccc(NC(=O)C3CC3)cc2)o1.O=C(O)C(F)(F)F. The maximum Gasteiger partial charge on any atom is 0.490 e. The number of rotatable bonds is 10. The van der Waals surface area contributed by atoms with Gasteiger partial charge in [0.05, 0.1) is 0 Å². The maximum absolute atomic E-state index is 11.8. The molecular weight excluding hydrogens is 443 g/mol. The van der Waals surface area contributed by atoms with Crippen LogP contribution in [-0.2, 0) is 9.59 Å². The lowest BCUT2D eigenvalue weighted by Crippen LogP contribution is -2.25. The van der Waals surface area contributed by atoms with Crippen LogP contribution < -0.4 is 10.6 Å². The smallest absolute Gasteiger partial charge is 0.475 e. The van der Waals surface area contributed by atoms with Gasteiger partial charge in [-0.25, -0.2) is 4.79 Å². The molecule has 1 heterocycles. The number of nitrogens with zero attached hydrogens (tertiary/aromatic N) is 3. The molecule has 1 saturated carbocycles. The molecule has 0 aliphatic heterocycles. The second-order valence-electron chi connectivity index (χ2n) is 7.36. The highest BCUT2D eigenvalue weighted by Crippen LogP contribution is 2.30. The molecule has 1 aromatic carbocycles. The van der Waals surface area contributed by atoms with E-state index in [2.05, 4.69) is 39.6 Å². The second kappa shape index (κ2) is 12.2. The molecule has 3 N–H and O–H groups in total. The Morgan fingerprint density at radius 3 is 2.27 bits per heavy atom. The van der Waals surface area contributed by atoms with E-state index in [1.165, 1.54) is 0 Å². The Kier molecular flexibility index (Phi) is 9.64. The molecule has 0 spiro atoms. The molecule has 0 saturated heterocycles. The van der Waals surface area contributed by atoms with Gasteiger partial charge in [-0.15, -0.1) is 5.10 Å². The van der Waals surface area contributed by atoms with Crippen molar-refractivity contribution in [3.8, 4) is 11.5 Å². The minimum atomic E-state index is -5.08. The number of hydrogen-bond acceptors (Lipinski definition) is 7.